The molecule has 0 spiro atoms. The van der Waals surface area contributed by atoms with E-state index in [1.54, 1.807) is 0 Å². The third-order valence-corrected chi connectivity index (χ3v) is 5.55. The molecular weight excluding hydrogens is 258 g/mol. The van der Waals surface area contributed by atoms with Crippen molar-refractivity contribution in [1.29, 1.82) is 0 Å². The fourth-order valence-electron chi connectivity index (χ4n) is 4.36. The number of hydrogen-bond donors (Lipinski definition) is 1. The van der Waals surface area contributed by atoms with Gasteiger partial charge in [0.2, 0.25) is 0 Å². The molecule has 0 aromatic heterocycles. The predicted molar refractivity (Wildman–Crippen MR) is 87.4 cm³/mol. The van der Waals surface area contributed by atoms with E-state index in [4.69, 9.17) is 0 Å². The van der Waals surface area contributed by atoms with Crippen LogP contribution in [0.15, 0.2) is 30.3 Å². The monoisotopic (exact) mass is 287 g/mol. The zero-order valence-corrected chi connectivity index (χ0v) is 13.2. The van der Waals surface area contributed by atoms with Gasteiger partial charge >= 0.3 is 0 Å². The first-order valence-electron chi connectivity index (χ1n) is 8.75. The number of benzene rings is 1. The Morgan fingerprint density at radius 3 is 2.71 bits per heavy atom. The minimum Gasteiger partial charge on any atom is -0.391 e. The Hall–Kier alpha value is -0.860. The number of hydrogen-bond acceptors (Lipinski definition) is 2. The largest absolute Gasteiger partial charge is 0.391 e. The Kier molecular flexibility index (Phi) is 4.97. The van der Waals surface area contributed by atoms with Crippen molar-refractivity contribution >= 4 is 0 Å². The van der Waals surface area contributed by atoms with Crippen molar-refractivity contribution in [3.8, 4) is 0 Å². The minimum absolute atomic E-state index is 0.104. The smallest absolute Gasteiger partial charge is 0.0695 e. The van der Waals surface area contributed by atoms with E-state index in [2.05, 4.69) is 42.2 Å². The molecule has 1 saturated heterocycles. The summed E-state index contributed by atoms with van der Waals surface area (Å²) in [5.74, 6) is 1.49. The quantitative estimate of drug-likeness (QED) is 0.910. The fraction of sp³-hybridized carbons (Fsp3) is 0.684. The van der Waals surface area contributed by atoms with E-state index >= 15 is 0 Å². The van der Waals surface area contributed by atoms with E-state index in [9.17, 15) is 5.11 Å². The molecule has 4 unspecified atom stereocenters. The van der Waals surface area contributed by atoms with E-state index in [1.165, 1.54) is 37.7 Å². The molecule has 21 heavy (non-hydrogen) atoms. The zero-order chi connectivity index (χ0) is 14.7. The first-order valence-corrected chi connectivity index (χ1v) is 8.75. The second-order valence-electron chi connectivity index (χ2n) is 6.99. The maximum absolute atomic E-state index is 10.4. The first kappa shape index (κ1) is 15.1. The summed E-state index contributed by atoms with van der Waals surface area (Å²) in [5, 5.41) is 10.4. The van der Waals surface area contributed by atoms with Crippen LogP contribution in [0, 0.1) is 5.92 Å². The van der Waals surface area contributed by atoms with Crippen LogP contribution in [0.2, 0.25) is 0 Å². The molecule has 2 aliphatic rings. The predicted octanol–water partition coefficient (Wildman–Crippen LogP) is 3.81. The molecule has 2 fully saturated rings. The van der Waals surface area contributed by atoms with Crippen LogP contribution in [-0.4, -0.2) is 35.2 Å². The van der Waals surface area contributed by atoms with Crippen molar-refractivity contribution in [3.63, 3.8) is 0 Å². The van der Waals surface area contributed by atoms with Gasteiger partial charge in [-0.1, -0.05) is 50.1 Å². The van der Waals surface area contributed by atoms with Crippen LogP contribution in [0.1, 0.15) is 56.9 Å². The van der Waals surface area contributed by atoms with E-state index in [-0.39, 0.29) is 6.10 Å². The minimum atomic E-state index is -0.104. The van der Waals surface area contributed by atoms with Gasteiger partial charge in [-0.05, 0) is 49.6 Å². The molecule has 1 N–H and O–H groups in total. The maximum Gasteiger partial charge on any atom is 0.0695 e. The molecular formula is C19H29NO. The number of nitrogens with zero attached hydrogens (tertiary/aromatic N) is 1. The van der Waals surface area contributed by atoms with Crippen LogP contribution in [0.4, 0.5) is 0 Å². The van der Waals surface area contributed by atoms with Crippen LogP contribution in [0.5, 0.6) is 0 Å². The molecule has 2 heteroatoms. The average molecular weight is 287 g/mol. The van der Waals surface area contributed by atoms with Gasteiger partial charge in [-0.3, -0.25) is 4.90 Å². The van der Waals surface area contributed by atoms with Crippen molar-refractivity contribution in [2.24, 2.45) is 5.92 Å². The summed E-state index contributed by atoms with van der Waals surface area (Å²) in [4.78, 5) is 2.57. The number of likely N-dealkylation sites (tertiary alicyclic amines) is 1. The van der Waals surface area contributed by atoms with Gasteiger partial charge in [0.1, 0.15) is 0 Å². The molecule has 0 amide bonds. The number of rotatable bonds is 4. The van der Waals surface area contributed by atoms with Crippen LogP contribution in [0.25, 0.3) is 0 Å². The van der Waals surface area contributed by atoms with Gasteiger partial charge < -0.3 is 5.11 Å². The Morgan fingerprint density at radius 2 is 1.95 bits per heavy atom. The topological polar surface area (TPSA) is 23.5 Å². The van der Waals surface area contributed by atoms with Crippen molar-refractivity contribution < 1.29 is 5.11 Å². The van der Waals surface area contributed by atoms with Crippen LogP contribution >= 0.6 is 0 Å². The third-order valence-electron chi connectivity index (χ3n) is 5.55. The summed E-state index contributed by atoms with van der Waals surface area (Å²) in [6.45, 7) is 4.56. The highest BCUT2D eigenvalue weighted by atomic mass is 16.3. The molecule has 116 valence electrons. The molecule has 0 bridgehead atoms. The molecule has 4 atom stereocenters. The van der Waals surface area contributed by atoms with E-state index < -0.39 is 0 Å². The lowest BCUT2D eigenvalue weighted by Crippen LogP contribution is -2.46. The summed E-state index contributed by atoms with van der Waals surface area (Å²) in [5.41, 5.74) is 1.47. The summed E-state index contributed by atoms with van der Waals surface area (Å²) < 4.78 is 0. The Balaban J connectivity index is 1.62. The van der Waals surface area contributed by atoms with Crippen LogP contribution in [0.3, 0.4) is 0 Å². The molecule has 0 radical (unpaired) electrons. The molecule has 1 aliphatic carbocycles. The third kappa shape index (κ3) is 3.49. The summed E-state index contributed by atoms with van der Waals surface area (Å²) in [6, 6.07) is 11.3. The SMILES string of the molecule is CCCC1CCC(O)C(N2CCC(c3ccccc3)C2)C1. The molecule has 1 aromatic carbocycles. The highest BCUT2D eigenvalue weighted by Gasteiger charge is 2.36. The lowest BCUT2D eigenvalue weighted by molar-refractivity contribution is 0.0112. The van der Waals surface area contributed by atoms with Crippen LogP contribution < -0.4 is 0 Å². The first-order chi connectivity index (χ1) is 10.3. The summed E-state index contributed by atoms with van der Waals surface area (Å²) in [7, 11) is 0. The highest BCUT2D eigenvalue weighted by molar-refractivity contribution is 5.21. The van der Waals surface area contributed by atoms with Gasteiger partial charge in [0.15, 0.2) is 0 Å². The Labute approximate surface area is 129 Å². The zero-order valence-electron chi connectivity index (χ0n) is 13.2. The van der Waals surface area contributed by atoms with E-state index in [0.29, 0.717) is 12.0 Å². The molecule has 1 aromatic rings. The fourth-order valence-corrected chi connectivity index (χ4v) is 4.36. The number of aliphatic hydroxyl groups excluding tert-OH is 1. The standard InChI is InChI=1S/C19H29NO/c1-2-6-15-9-10-19(21)18(13-15)20-12-11-17(14-20)16-7-4-3-5-8-16/h3-5,7-8,15,17-19,21H,2,6,9-14H2,1H3. The van der Waals surface area contributed by atoms with Gasteiger partial charge in [0, 0.05) is 12.6 Å². The summed E-state index contributed by atoms with van der Waals surface area (Å²) >= 11 is 0. The van der Waals surface area contributed by atoms with Gasteiger partial charge in [-0.15, -0.1) is 0 Å². The summed E-state index contributed by atoms with van der Waals surface area (Å²) in [6.07, 6.45) is 7.18. The molecule has 1 saturated carbocycles. The van der Waals surface area contributed by atoms with Crippen molar-refractivity contribution in [2.75, 3.05) is 13.1 Å². The van der Waals surface area contributed by atoms with Gasteiger partial charge in [0.25, 0.3) is 0 Å². The Bertz CT molecular complexity index is 432. The van der Waals surface area contributed by atoms with Crippen molar-refractivity contribution in [3.05, 3.63) is 35.9 Å². The van der Waals surface area contributed by atoms with E-state index in [0.717, 1.165) is 25.4 Å². The molecule has 2 nitrogen and oxygen atoms in total. The van der Waals surface area contributed by atoms with Gasteiger partial charge in [0.05, 0.1) is 6.10 Å². The normalized spacial score (nSPS) is 34.2. The molecule has 1 aliphatic heterocycles. The molecule has 1 heterocycles. The highest BCUT2D eigenvalue weighted by Crippen LogP contribution is 2.35. The van der Waals surface area contributed by atoms with Crippen molar-refractivity contribution in [1.82, 2.24) is 4.90 Å². The maximum atomic E-state index is 10.4. The average Bonchev–Trinajstić information content (AvgIpc) is 3.00. The second kappa shape index (κ2) is 6.93. The Morgan fingerprint density at radius 1 is 1.14 bits per heavy atom. The number of aliphatic hydroxyl groups is 1. The van der Waals surface area contributed by atoms with Gasteiger partial charge in [-0.2, -0.15) is 0 Å². The van der Waals surface area contributed by atoms with E-state index in [1.807, 2.05) is 0 Å². The van der Waals surface area contributed by atoms with Crippen molar-refractivity contribution in [2.45, 2.75) is 63.5 Å². The second-order valence-corrected chi connectivity index (χ2v) is 6.99. The lowest BCUT2D eigenvalue weighted by atomic mass is 9.81. The van der Waals surface area contributed by atoms with Crippen LogP contribution in [-0.2, 0) is 0 Å². The lowest BCUT2D eigenvalue weighted by Gasteiger charge is -2.39. The molecule has 3 rings (SSSR count). The van der Waals surface area contributed by atoms with Gasteiger partial charge in [-0.25, -0.2) is 0 Å².